The zero-order valence-corrected chi connectivity index (χ0v) is 15.0. The number of hydrogen-bond acceptors (Lipinski definition) is 6. The second kappa shape index (κ2) is 7.42. The molecule has 0 amide bonds. The number of anilines is 1. The molecule has 0 aliphatic heterocycles. The standard InChI is InChI=1S/C18H15N3O5S/c1-26-15-7-9-16(10-8-15)27(24,25)20-17-6-3-11-19-18(17)13-4-2-5-14(12-13)21(22)23/h2-12,20H,1H3. The normalized spacial score (nSPS) is 11.0. The van der Waals surface area contributed by atoms with Crippen LogP contribution in [0.1, 0.15) is 0 Å². The summed E-state index contributed by atoms with van der Waals surface area (Å²) >= 11 is 0. The molecule has 0 aliphatic rings. The van der Waals surface area contributed by atoms with Gasteiger partial charge in [-0.1, -0.05) is 12.1 Å². The third-order valence-electron chi connectivity index (χ3n) is 3.75. The molecule has 9 heteroatoms. The number of nitrogens with zero attached hydrogens (tertiary/aromatic N) is 2. The van der Waals surface area contributed by atoms with Crippen molar-refractivity contribution in [3.05, 3.63) is 77.0 Å². The fraction of sp³-hybridized carbons (Fsp3) is 0.0556. The first-order chi connectivity index (χ1) is 12.9. The molecule has 0 radical (unpaired) electrons. The smallest absolute Gasteiger partial charge is 0.270 e. The topological polar surface area (TPSA) is 111 Å². The predicted octanol–water partition coefficient (Wildman–Crippen LogP) is 3.47. The van der Waals surface area contributed by atoms with Gasteiger partial charge in [0.1, 0.15) is 5.75 Å². The first-order valence-electron chi connectivity index (χ1n) is 7.77. The maximum atomic E-state index is 12.7. The first-order valence-corrected chi connectivity index (χ1v) is 9.26. The molecule has 0 atom stereocenters. The van der Waals surface area contributed by atoms with E-state index in [1.165, 1.54) is 43.6 Å². The molecule has 1 heterocycles. The Morgan fingerprint density at radius 3 is 2.48 bits per heavy atom. The second-order valence-corrected chi connectivity index (χ2v) is 7.17. The summed E-state index contributed by atoms with van der Waals surface area (Å²) in [4.78, 5) is 14.7. The van der Waals surface area contributed by atoms with Gasteiger partial charge in [0.2, 0.25) is 0 Å². The maximum absolute atomic E-state index is 12.7. The Labute approximate surface area is 155 Å². The summed E-state index contributed by atoms with van der Waals surface area (Å²) in [5.41, 5.74) is 0.825. The van der Waals surface area contributed by atoms with E-state index in [-0.39, 0.29) is 16.3 Å². The van der Waals surface area contributed by atoms with Gasteiger partial charge >= 0.3 is 0 Å². The number of pyridine rings is 1. The summed E-state index contributed by atoms with van der Waals surface area (Å²) in [5.74, 6) is 0.535. The van der Waals surface area contributed by atoms with Gasteiger partial charge < -0.3 is 4.74 Å². The van der Waals surface area contributed by atoms with Gasteiger partial charge in [-0.3, -0.25) is 19.8 Å². The molecule has 2 aromatic carbocycles. The minimum Gasteiger partial charge on any atom is -0.497 e. The monoisotopic (exact) mass is 385 g/mol. The highest BCUT2D eigenvalue weighted by Crippen LogP contribution is 2.30. The van der Waals surface area contributed by atoms with Crippen molar-refractivity contribution in [1.82, 2.24) is 4.98 Å². The van der Waals surface area contributed by atoms with Crippen LogP contribution in [0.25, 0.3) is 11.3 Å². The van der Waals surface area contributed by atoms with Gasteiger partial charge in [-0.05, 0) is 36.4 Å². The minimum atomic E-state index is -3.87. The number of nitrogens with one attached hydrogen (secondary N) is 1. The van der Waals surface area contributed by atoms with Crippen molar-refractivity contribution in [2.24, 2.45) is 0 Å². The van der Waals surface area contributed by atoms with Gasteiger partial charge in [-0.2, -0.15) is 0 Å². The zero-order valence-electron chi connectivity index (χ0n) is 14.2. The van der Waals surface area contributed by atoms with E-state index in [0.29, 0.717) is 17.0 Å². The molecule has 8 nitrogen and oxygen atoms in total. The number of nitro benzene ring substituents is 1. The predicted molar refractivity (Wildman–Crippen MR) is 100 cm³/mol. The van der Waals surface area contributed by atoms with Crippen LogP contribution in [0, 0.1) is 10.1 Å². The molecule has 0 fully saturated rings. The van der Waals surface area contributed by atoms with Crippen LogP contribution in [0.3, 0.4) is 0 Å². The van der Waals surface area contributed by atoms with Gasteiger partial charge in [0.15, 0.2) is 0 Å². The Kier molecular flexibility index (Phi) is 5.04. The number of benzene rings is 2. The number of methoxy groups -OCH3 is 1. The lowest BCUT2D eigenvalue weighted by atomic mass is 10.1. The van der Waals surface area contributed by atoms with E-state index in [0.717, 1.165) is 0 Å². The van der Waals surface area contributed by atoms with Gasteiger partial charge in [0.05, 0.1) is 28.3 Å². The first kappa shape index (κ1) is 18.3. The van der Waals surface area contributed by atoms with Gasteiger partial charge in [0.25, 0.3) is 15.7 Å². The number of aromatic nitrogens is 1. The number of nitro groups is 1. The van der Waals surface area contributed by atoms with E-state index in [2.05, 4.69) is 9.71 Å². The average Bonchev–Trinajstić information content (AvgIpc) is 2.68. The van der Waals surface area contributed by atoms with Crippen molar-refractivity contribution >= 4 is 21.4 Å². The SMILES string of the molecule is COc1ccc(S(=O)(=O)Nc2cccnc2-c2cccc([N+](=O)[O-])c2)cc1. The molecule has 1 aromatic heterocycles. The average molecular weight is 385 g/mol. The fourth-order valence-corrected chi connectivity index (χ4v) is 3.51. The van der Waals surface area contributed by atoms with Crippen molar-refractivity contribution in [1.29, 1.82) is 0 Å². The van der Waals surface area contributed by atoms with Gasteiger partial charge in [-0.15, -0.1) is 0 Å². The molecule has 0 spiro atoms. The summed E-state index contributed by atoms with van der Waals surface area (Å²) in [7, 11) is -2.39. The fourth-order valence-electron chi connectivity index (χ4n) is 2.44. The van der Waals surface area contributed by atoms with Crippen LogP contribution >= 0.6 is 0 Å². The number of ether oxygens (including phenoxy) is 1. The molecule has 138 valence electrons. The van der Waals surface area contributed by atoms with Crippen molar-refractivity contribution in [3.8, 4) is 17.0 Å². The maximum Gasteiger partial charge on any atom is 0.270 e. The Balaban J connectivity index is 1.98. The molecular weight excluding hydrogens is 370 g/mol. The van der Waals surface area contributed by atoms with Crippen molar-refractivity contribution in [2.45, 2.75) is 4.90 Å². The van der Waals surface area contributed by atoms with E-state index in [1.807, 2.05) is 0 Å². The van der Waals surface area contributed by atoms with E-state index in [4.69, 9.17) is 4.74 Å². The van der Waals surface area contributed by atoms with Crippen LogP contribution in [-0.2, 0) is 10.0 Å². The molecule has 0 saturated heterocycles. The van der Waals surface area contributed by atoms with Gasteiger partial charge in [0, 0.05) is 23.9 Å². The Bertz CT molecular complexity index is 1080. The largest absolute Gasteiger partial charge is 0.497 e. The highest BCUT2D eigenvalue weighted by atomic mass is 32.2. The van der Waals surface area contributed by atoms with E-state index >= 15 is 0 Å². The lowest BCUT2D eigenvalue weighted by Crippen LogP contribution is -2.14. The summed E-state index contributed by atoms with van der Waals surface area (Å²) < 4.78 is 32.9. The highest BCUT2D eigenvalue weighted by Gasteiger charge is 2.18. The molecule has 0 saturated carbocycles. The number of non-ortho nitro benzene ring substituents is 1. The molecule has 3 aromatic rings. The Morgan fingerprint density at radius 2 is 1.81 bits per heavy atom. The van der Waals surface area contributed by atoms with Crippen molar-refractivity contribution < 1.29 is 18.1 Å². The quantitative estimate of drug-likeness (QED) is 0.514. The lowest BCUT2D eigenvalue weighted by Gasteiger charge is -2.12. The van der Waals surface area contributed by atoms with Crippen molar-refractivity contribution in [2.75, 3.05) is 11.8 Å². The molecule has 0 bridgehead atoms. The van der Waals surface area contributed by atoms with Crippen LogP contribution in [0.2, 0.25) is 0 Å². The summed E-state index contributed by atoms with van der Waals surface area (Å²) in [6.07, 6.45) is 1.49. The van der Waals surface area contributed by atoms with E-state index < -0.39 is 14.9 Å². The summed E-state index contributed by atoms with van der Waals surface area (Å²) in [6, 6.07) is 14.9. The van der Waals surface area contributed by atoms with Crippen LogP contribution in [-0.4, -0.2) is 25.4 Å². The molecule has 0 unspecified atom stereocenters. The van der Waals surface area contributed by atoms with Crippen LogP contribution < -0.4 is 9.46 Å². The van der Waals surface area contributed by atoms with Crippen LogP contribution in [0.4, 0.5) is 11.4 Å². The van der Waals surface area contributed by atoms with E-state index in [9.17, 15) is 18.5 Å². The highest BCUT2D eigenvalue weighted by molar-refractivity contribution is 7.92. The van der Waals surface area contributed by atoms with Crippen LogP contribution in [0.5, 0.6) is 5.75 Å². The molecule has 3 rings (SSSR count). The Morgan fingerprint density at radius 1 is 1.07 bits per heavy atom. The van der Waals surface area contributed by atoms with E-state index in [1.54, 1.807) is 30.3 Å². The third kappa shape index (κ3) is 4.04. The Hall–Kier alpha value is -3.46. The molecule has 27 heavy (non-hydrogen) atoms. The molecule has 0 aliphatic carbocycles. The molecule has 1 N–H and O–H groups in total. The number of hydrogen-bond donors (Lipinski definition) is 1. The van der Waals surface area contributed by atoms with Crippen LogP contribution in [0.15, 0.2) is 71.8 Å². The summed E-state index contributed by atoms with van der Waals surface area (Å²) in [5, 5.41) is 11.0. The second-order valence-electron chi connectivity index (χ2n) is 5.49. The zero-order chi connectivity index (χ0) is 19.4. The van der Waals surface area contributed by atoms with Gasteiger partial charge in [-0.25, -0.2) is 8.42 Å². The number of sulfonamides is 1. The molecular formula is C18H15N3O5S. The summed E-state index contributed by atoms with van der Waals surface area (Å²) in [6.45, 7) is 0. The minimum absolute atomic E-state index is 0.0529. The van der Waals surface area contributed by atoms with Crippen molar-refractivity contribution in [3.63, 3.8) is 0 Å². The lowest BCUT2D eigenvalue weighted by molar-refractivity contribution is -0.384. The third-order valence-corrected chi connectivity index (χ3v) is 5.13. The number of rotatable bonds is 6.